The van der Waals surface area contributed by atoms with Crippen molar-refractivity contribution in [2.45, 2.75) is 78.3 Å². The number of rotatable bonds is 3. The highest BCUT2D eigenvalue weighted by Crippen LogP contribution is 2.44. The van der Waals surface area contributed by atoms with Crippen molar-refractivity contribution in [2.24, 2.45) is 0 Å². The Morgan fingerprint density at radius 3 is 2.42 bits per heavy atom. The van der Waals surface area contributed by atoms with Gasteiger partial charge in [-0.05, 0) is 38.6 Å². The van der Waals surface area contributed by atoms with Crippen molar-refractivity contribution in [2.75, 3.05) is 39.5 Å². The van der Waals surface area contributed by atoms with Crippen molar-refractivity contribution in [3.63, 3.8) is 0 Å². The Morgan fingerprint density at radius 1 is 1.12 bits per heavy atom. The van der Waals surface area contributed by atoms with Crippen LogP contribution < -0.4 is 0 Å². The minimum absolute atomic E-state index is 0.165. The van der Waals surface area contributed by atoms with Crippen molar-refractivity contribution >= 4 is 6.09 Å². The minimum atomic E-state index is -0.165. The summed E-state index contributed by atoms with van der Waals surface area (Å²) in [6.07, 6.45) is 6.11. The van der Waals surface area contributed by atoms with Gasteiger partial charge in [-0.1, -0.05) is 34.6 Å². The normalized spacial score (nSPS) is 29.0. The summed E-state index contributed by atoms with van der Waals surface area (Å²) in [6.45, 7) is 14.6. The number of amides is 1. The molecule has 3 fully saturated rings. The lowest BCUT2D eigenvalue weighted by Gasteiger charge is -2.34. The second-order valence-electron chi connectivity index (χ2n) is 6.24. The van der Waals surface area contributed by atoms with Gasteiger partial charge in [0, 0.05) is 24.7 Å². The van der Waals surface area contributed by atoms with Crippen molar-refractivity contribution in [1.29, 1.82) is 0 Å². The Labute approximate surface area is 148 Å². The number of morpholine rings is 1. The first kappa shape index (κ1) is 21.2. The van der Waals surface area contributed by atoms with Crippen LogP contribution in [0.2, 0.25) is 0 Å². The number of hydrogen-bond donors (Lipinski definition) is 0. The fourth-order valence-corrected chi connectivity index (χ4v) is 4.12. The van der Waals surface area contributed by atoms with Gasteiger partial charge >= 0.3 is 6.09 Å². The summed E-state index contributed by atoms with van der Waals surface area (Å²) >= 11 is 0. The lowest BCUT2D eigenvalue weighted by atomic mass is 9.91. The SMILES string of the molecule is CC.CC.CCC12CCCN1C(COC(=O)N1CCOCC1)CC2. The molecule has 0 aliphatic carbocycles. The molecule has 0 saturated carbocycles. The van der Waals surface area contributed by atoms with E-state index in [-0.39, 0.29) is 6.09 Å². The Balaban J connectivity index is 0.000000671. The van der Waals surface area contributed by atoms with Crippen LogP contribution in [0.1, 0.15) is 66.7 Å². The molecular formula is C19H38N2O3. The highest BCUT2D eigenvalue weighted by Gasteiger charge is 2.47. The molecule has 5 heteroatoms. The fraction of sp³-hybridized carbons (Fsp3) is 0.947. The Bertz CT molecular complexity index is 359. The smallest absolute Gasteiger partial charge is 0.409 e. The van der Waals surface area contributed by atoms with Gasteiger partial charge in [-0.3, -0.25) is 4.90 Å². The topological polar surface area (TPSA) is 42.0 Å². The molecule has 2 unspecified atom stereocenters. The van der Waals surface area contributed by atoms with E-state index in [0.29, 0.717) is 44.5 Å². The summed E-state index contributed by atoms with van der Waals surface area (Å²) in [5.41, 5.74) is 0.413. The molecule has 0 aromatic heterocycles. The highest BCUT2D eigenvalue weighted by molar-refractivity contribution is 5.67. The molecule has 5 nitrogen and oxygen atoms in total. The summed E-state index contributed by atoms with van der Waals surface area (Å²) in [5, 5.41) is 0. The van der Waals surface area contributed by atoms with Gasteiger partial charge in [0.2, 0.25) is 0 Å². The third-order valence-electron chi connectivity index (χ3n) is 5.36. The number of ether oxygens (including phenoxy) is 2. The predicted octanol–water partition coefficient (Wildman–Crippen LogP) is 3.91. The zero-order chi connectivity index (χ0) is 18.0. The van der Waals surface area contributed by atoms with E-state index in [1.54, 1.807) is 4.90 Å². The van der Waals surface area contributed by atoms with E-state index in [2.05, 4.69) is 11.8 Å². The third-order valence-corrected chi connectivity index (χ3v) is 5.36. The molecule has 2 atom stereocenters. The van der Waals surface area contributed by atoms with Gasteiger partial charge in [0.05, 0.1) is 13.2 Å². The van der Waals surface area contributed by atoms with E-state index in [0.717, 1.165) is 0 Å². The number of fused-ring (bicyclic) bond motifs is 1. The van der Waals surface area contributed by atoms with Crippen LogP contribution in [0.25, 0.3) is 0 Å². The van der Waals surface area contributed by atoms with E-state index < -0.39 is 0 Å². The molecule has 0 spiro atoms. The van der Waals surface area contributed by atoms with Gasteiger partial charge in [0.15, 0.2) is 0 Å². The van der Waals surface area contributed by atoms with Gasteiger partial charge in [0.25, 0.3) is 0 Å². The van der Waals surface area contributed by atoms with Crippen molar-refractivity contribution in [1.82, 2.24) is 9.80 Å². The largest absolute Gasteiger partial charge is 0.448 e. The second kappa shape index (κ2) is 10.9. The molecule has 0 N–H and O–H groups in total. The number of hydrogen-bond acceptors (Lipinski definition) is 4. The summed E-state index contributed by atoms with van der Waals surface area (Å²) in [5.74, 6) is 0. The molecule has 142 valence electrons. The maximum absolute atomic E-state index is 12.0. The average molecular weight is 343 g/mol. The fourth-order valence-electron chi connectivity index (χ4n) is 4.12. The van der Waals surface area contributed by atoms with Crippen molar-refractivity contribution in [3.05, 3.63) is 0 Å². The minimum Gasteiger partial charge on any atom is -0.448 e. The van der Waals surface area contributed by atoms with Crippen LogP contribution in [-0.4, -0.2) is 66.9 Å². The molecule has 3 heterocycles. The maximum atomic E-state index is 12.0. The van der Waals surface area contributed by atoms with Crippen LogP contribution in [0, 0.1) is 0 Å². The maximum Gasteiger partial charge on any atom is 0.409 e. The summed E-state index contributed by atoms with van der Waals surface area (Å²) in [6, 6.07) is 0.433. The highest BCUT2D eigenvalue weighted by atomic mass is 16.6. The van der Waals surface area contributed by atoms with Gasteiger partial charge in [-0.2, -0.15) is 0 Å². The zero-order valence-corrected chi connectivity index (χ0v) is 16.5. The molecule has 0 aromatic carbocycles. The number of carbonyl (C=O) groups is 1. The van der Waals surface area contributed by atoms with Crippen LogP contribution in [0.4, 0.5) is 4.79 Å². The lowest BCUT2D eigenvalue weighted by molar-refractivity contribution is 0.0170. The first-order valence-electron chi connectivity index (χ1n) is 10.0. The summed E-state index contributed by atoms with van der Waals surface area (Å²) in [7, 11) is 0. The zero-order valence-electron chi connectivity index (χ0n) is 16.5. The van der Waals surface area contributed by atoms with Gasteiger partial charge in [-0.25, -0.2) is 4.79 Å². The van der Waals surface area contributed by atoms with E-state index in [4.69, 9.17) is 9.47 Å². The molecule has 3 aliphatic rings. The Kier molecular flexibility index (Phi) is 9.67. The van der Waals surface area contributed by atoms with E-state index in [1.165, 1.54) is 38.6 Å². The molecule has 3 aliphatic heterocycles. The van der Waals surface area contributed by atoms with Crippen LogP contribution in [0.15, 0.2) is 0 Å². The molecule has 0 radical (unpaired) electrons. The molecule has 1 amide bonds. The van der Waals surface area contributed by atoms with Crippen molar-refractivity contribution in [3.8, 4) is 0 Å². The number of nitrogens with zero attached hydrogens (tertiary/aromatic N) is 2. The average Bonchev–Trinajstić information content (AvgIpc) is 3.23. The molecule has 3 saturated heterocycles. The monoisotopic (exact) mass is 342 g/mol. The first-order valence-corrected chi connectivity index (χ1v) is 10.0. The van der Waals surface area contributed by atoms with Gasteiger partial charge < -0.3 is 14.4 Å². The third kappa shape index (κ3) is 4.85. The van der Waals surface area contributed by atoms with Gasteiger partial charge in [-0.15, -0.1) is 0 Å². The molecule has 24 heavy (non-hydrogen) atoms. The summed E-state index contributed by atoms with van der Waals surface area (Å²) in [4.78, 5) is 16.4. The van der Waals surface area contributed by atoms with Crippen LogP contribution in [-0.2, 0) is 9.47 Å². The predicted molar refractivity (Wildman–Crippen MR) is 98.4 cm³/mol. The van der Waals surface area contributed by atoms with E-state index in [1.807, 2.05) is 27.7 Å². The quantitative estimate of drug-likeness (QED) is 0.780. The first-order chi connectivity index (χ1) is 11.7. The van der Waals surface area contributed by atoms with Crippen LogP contribution in [0.3, 0.4) is 0 Å². The van der Waals surface area contributed by atoms with Gasteiger partial charge in [0.1, 0.15) is 6.61 Å². The Morgan fingerprint density at radius 2 is 1.79 bits per heavy atom. The Hall–Kier alpha value is -0.810. The molecule has 0 aromatic rings. The standard InChI is InChI=1S/C15H26N2O3.2C2H6/c1-2-15-5-3-7-17(15)13(4-6-15)12-20-14(18)16-8-10-19-11-9-16;2*1-2/h13H,2-12H2,1H3;2*1-2H3. The molecular weight excluding hydrogens is 304 g/mol. The van der Waals surface area contributed by atoms with Crippen molar-refractivity contribution < 1.29 is 14.3 Å². The van der Waals surface area contributed by atoms with Crippen LogP contribution >= 0.6 is 0 Å². The number of carbonyl (C=O) groups excluding carboxylic acids is 1. The second-order valence-corrected chi connectivity index (χ2v) is 6.24. The summed E-state index contributed by atoms with van der Waals surface area (Å²) < 4.78 is 10.8. The lowest BCUT2D eigenvalue weighted by Crippen LogP contribution is -2.45. The molecule has 0 bridgehead atoms. The van der Waals surface area contributed by atoms with E-state index in [9.17, 15) is 4.79 Å². The van der Waals surface area contributed by atoms with Crippen LogP contribution in [0.5, 0.6) is 0 Å². The van der Waals surface area contributed by atoms with E-state index >= 15 is 0 Å². The molecule has 3 rings (SSSR count).